The molecule has 4 rings (SSSR count). The standard InChI is InChI=1S/C30H33N3O5S/c1-21-17-33(22(2)19-34)30(35)28-11-7-6-10-27(28)26-9-5-4-8-24(26)20-38-29(21)18-32(3)39(36,37)25-14-12-23(16-31)13-15-25/h4-15,21-22,29,34H,17-20H2,1-3H3/t21-,22+,29-/m1/s1. The molecule has 1 aliphatic rings. The van der Waals surface area contributed by atoms with Crippen LogP contribution in [0.3, 0.4) is 0 Å². The largest absolute Gasteiger partial charge is 0.394 e. The van der Waals surface area contributed by atoms with Crippen molar-refractivity contribution in [3.05, 3.63) is 89.5 Å². The number of carbonyl (C=O) groups excluding carboxylic acids is 1. The van der Waals surface area contributed by atoms with Gasteiger partial charge in [0.05, 0.1) is 41.9 Å². The molecule has 3 aromatic carbocycles. The lowest BCUT2D eigenvalue weighted by Crippen LogP contribution is -2.47. The van der Waals surface area contributed by atoms with Crippen LogP contribution in [0.1, 0.15) is 35.3 Å². The second kappa shape index (κ2) is 12.1. The number of nitriles is 1. The number of likely N-dealkylation sites (N-methyl/N-ethyl adjacent to an activating group) is 1. The van der Waals surface area contributed by atoms with E-state index in [1.54, 1.807) is 17.9 Å². The van der Waals surface area contributed by atoms with Crippen LogP contribution in [0.5, 0.6) is 0 Å². The van der Waals surface area contributed by atoms with E-state index in [2.05, 4.69) is 0 Å². The molecule has 0 fully saturated rings. The first-order chi connectivity index (χ1) is 18.7. The third-order valence-corrected chi connectivity index (χ3v) is 9.06. The number of aliphatic hydroxyl groups excluding tert-OH is 1. The average Bonchev–Trinajstić information content (AvgIpc) is 2.98. The van der Waals surface area contributed by atoms with Gasteiger partial charge in [0.15, 0.2) is 0 Å². The molecule has 0 saturated heterocycles. The molecule has 0 aromatic heterocycles. The van der Waals surface area contributed by atoms with Crippen LogP contribution in [0.2, 0.25) is 0 Å². The summed E-state index contributed by atoms with van der Waals surface area (Å²) in [6.07, 6.45) is -0.557. The first-order valence-electron chi connectivity index (χ1n) is 12.8. The van der Waals surface area contributed by atoms with Crippen LogP contribution in [0, 0.1) is 17.2 Å². The molecular formula is C30H33N3O5S. The molecule has 204 valence electrons. The number of hydrogen-bond donors (Lipinski definition) is 1. The quantitative estimate of drug-likeness (QED) is 0.501. The number of benzene rings is 3. The average molecular weight is 548 g/mol. The molecule has 3 aromatic rings. The molecule has 1 heterocycles. The summed E-state index contributed by atoms with van der Waals surface area (Å²) in [5.41, 5.74) is 3.44. The molecular weight excluding hydrogens is 514 g/mol. The van der Waals surface area contributed by atoms with Gasteiger partial charge < -0.3 is 14.7 Å². The van der Waals surface area contributed by atoms with Gasteiger partial charge in [-0.1, -0.05) is 49.4 Å². The molecule has 9 heteroatoms. The molecule has 1 amide bonds. The fourth-order valence-corrected chi connectivity index (χ4v) is 5.97. The van der Waals surface area contributed by atoms with E-state index in [9.17, 15) is 18.3 Å². The molecule has 39 heavy (non-hydrogen) atoms. The van der Waals surface area contributed by atoms with Gasteiger partial charge in [-0.2, -0.15) is 9.57 Å². The van der Waals surface area contributed by atoms with Gasteiger partial charge in [0.1, 0.15) is 0 Å². The predicted molar refractivity (Wildman–Crippen MR) is 148 cm³/mol. The van der Waals surface area contributed by atoms with Crippen LogP contribution >= 0.6 is 0 Å². The van der Waals surface area contributed by atoms with Crippen LogP contribution in [0.25, 0.3) is 11.1 Å². The monoisotopic (exact) mass is 547 g/mol. The van der Waals surface area contributed by atoms with E-state index >= 15 is 0 Å². The molecule has 3 atom stereocenters. The van der Waals surface area contributed by atoms with Crippen molar-refractivity contribution in [2.24, 2.45) is 5.92 Å². The Morgan fingerprint density at radius 3 is 2.31 bits per heavy atom. The molecule has 8 nitrogen and oxygen atoms in total. The first kappa shape index (κ1) is 28.5. The van der Waals surface area contributed by atoms with E-state index in [-0.39, 0.29) is 43.0 Å². The highest BCUT2D eigenvalue weighted by Crippen LogP contribution is 2.31. The zero-order valence-corrected chi connectivity index (χ0v) is 23.1. The maximum Gasteiger partial charge on any atom is 0.254 e. The van der Waals surface area contributed by atoms with E-state index in [0.717, 1.165) is 16.7 Å². The molecule has 0 bridgehead atoms. The molecule has 0 aliphatic carbocycles. The summed E-state index contributed by atoms with van der Waals surface area (Å²) < 4.78 is 34.4. The third kappa shape index (κ3) is 6.05. The Morgan fingerprint density at radius 2 is 1.67 bits per heavy atom. The summed E-state index contributed by atoms with van der Waals surface area (Å²) in [7, 11) is -2.36. The first-order valence-corrected chi connectivity index (χ1v) is 14.3. The predicted octanol–water partition coefficient (Wildman–Crippen LogP) is 3.90. The van der Waals surface area contributed by atoms with Crippen molar-refractivity contribution in [2.75, 3.05) is 26.7 Å². The minimum Gasteiger partial charge on any atom is -0.394 e. The lowest BCUT2D eigenvalue weighted by molar-refractivity contribution is -0.0146. The Morgan fingerprint density at radius 1 is 1.05 bits per heavy atom. The maximum absolute atomic E-state index is 13.9. The van der Waals surface area contributed by atoms with Crippen molar-refractivity contribution >= 4 is 15.9 Å². The number of aliphatic hydroxyl groups is 1. The van der Waals surface area contributed by atoms with E-state index in [1.165, 1.54) is 35.6 Å². The van der Waals surface area contributed by atoms with Crippen LogP contribution in [0.4, 0.5) is 0 Å². The number of hydrogen-bond acceptors (Lipinski definition) is 6. The Bertz CT molecular complexity index is 1470. The van der Waals surface area contributed by atoms with Crippen LogP contribution < -0.4 is 0 Å². The summed E-state index contributed by atoms with van der Waals surface area (Å²) in [6.45, 7) is 4.05. The zero-order valence-electron chi connectivity index (χ0n) is 22.3. The Balaban J connectivity index is 1.72. The summed E-state index contributed by atoms with van der Waals surface area (Å²) in [6, 6.07) is 22.5. The Kier molecular flexibility index (Phi) is 8.83. The number of sulfonamides is 1. The van der Waals surface area contributed by atoms with E-state index in [4.69, 9.17) is 10.00 Å². The minimum atomic E-state index is -3.86. The van der Waals surface area contributed by atoms with Crippen molar-refractivity contribution in [1.29, 1.82) is 5.26 Å². The number of rotatable bonds is 6. The second-order valence-electron chi connectivity index (χ2n) is 9.94. The summed E-state index contributed by atoms with van der Waals surface area (Å²) in [5, 5.41) is 19.0. The van der Waals surface area contributed by atoms with Gasteiger partial charge in [0.2, 0.25) is 10.0 Å². The number of carbonyl (C=O) groups is 1. The van der Waals surface area contributed by atoms with Crippen LogP contribution in [-0.2, 0) is 21.4 Å². The van der Waals surface area contributed by atoms with Crippen molar-refractivity contribution in [3.8, 4) is 17.2 Å². The SMILES string of the molecule is C[C@@H]1CN([C@@H](C)CO)C(=O)c2ccccc2-c2ccccc2CO[C@@H]1CN(C)S(=O)(=O)c1ccc(C#N)cc1. The zero-order chi connectivity index (χ0) is 28.2. The van der Waals surface area contributed by atoms with Gasteiger partial charge in [-0.05, 0) is 53.9 Å². The summed E-state index contributed by atoms with van der Waals surface area (Å²) in [5.74, 6) is -0.466. The van der Waals surface area contributed by atoms with Gasteiger partial charge in [0, 0.05) is 31.6 Å². The van der Waals surface area contributed by atoms with E-state index in [1.807, 2.05) is 55.5 Å². The van der Waals surface area contributed by atoms with Crippen molar-refractivity contribution in [3.63, 3.8) is 0 Å². The van der Waals surface area contributed by atoms with Gasteiger partial charge in [-0.25, -0.2) is 8.42 Å². The normalized spacial score (nSPS) is 19.0. The number of nitrogens with zero attached hydrogens (tertiary/aromatic N) is 3. The van der Waals surface area contributed by atoms with E-state index in [0.29, 0.717) is 11.1 Å². The molecule has 0 saturated carbocycles. The third-order valence-electron chi connectivity index (χ3n) is 7.22. The lowest BCUT2D eigenvalue weighted by atomic mass is 9.94. The molecule has 0 spiro atoms. The van der Waals surface area contributed by atoms with Crippen molar-refractivity contribution in [1.82, 2.24) is 9.21 Å². The Labute approximate surface area is 230 Å². The number of amides is 1. The topological polar surface area (TPSA) is 111 Å². The number of ether oxygens (including phenoxy) is 1. The molecule has 0 unspecified atom stereocenters. The van der Waals surface area contributed by atoms with Gasteiger partial charge in [-0.3, -0.25) is 4.79 Å². The lowest BCUT2D eigenvalue weighted by Gasteiger charge is -2.35. The molecule has 1 aliphatic heterocycles. The highest BCUT2D eigenvalue weighted by molar-refractivity contribution is 7.89. The Hall–Kier alpha value is -3.55. The van der Waals surface area contributed by atoms with Gasteiger partial charge >= 0.3 is 0 Å². The van der Waals surface area contributed by atoms with Crippen LogP contribution in [0.15, 0.2) is 77.7 Å². The van der Waals surface area contributed by atoms with E-state index < -0.39 is 22.2 Å². The highest BCUT2D eigenvalue weighted by Gasteiger charge is 2.32. The van der Waals surface area contributed by atoms with Crippen molar-refractivity contribution < 1.29 is 23.1 Å². The van der Waals surface area contributed by atoms with Gasteiger partial charge in [0.25, 0.3) is 5.91 Å². The van der Waals surface area contributed by atoms with Gasteiger partial charge in [-0.15, -0.1) is 0 Å². The minimum absolute atomic E-state index is 0.0498. The van der Waals surface area contributed by atoms with Crippen molar-refractivity contribution in [2.45, 2.75) is 37.5 Å². The number of fused-ring (bicyclic) bond motifs is 3. The molecule has 1 N–H and O–H groups in total. The maximum atomic E-state index is 13.9. The second-order valence-corrected chi connectivity index (χ2v) is 12.0. The fourth-order valence-electron chi connectivity index (χ4n) is 4.78. The van der Waals surface area contributed by atoms with Crippen LogP contribution in [-0.4, -0.2) is 67.5 Å². The molecule has 0 radical (unpaired) electrons. The smallest absolute Gasteiger partial charge is 0.254 e. The fraction of sp³-hybridized carbons (Fsp3) is 0.333. The summed E-state index contributed by atoms with van der Waals surface area (Å²) in [4.78, 5) is 15.6. The highest BCUT2D eigenvalue weighted by atomic mass is 32.2. The summed E-state index contributed by atoms with van der Waals surface area (Å²) >= 11 is 0.